The summed E-state index contributed by atoms with van der Waals surface area (Å²) in [6, 6.07) is 23.4. The maximum absolute atomic E-state index is 5.93. The number of rotatable bonds is 0. The quantitative estimate of drug-likeness (QED) is 0.270. The van der Waals surface area contributed by atoms with Crippen molar-refractivity contribution in [3.05, 3.63) is 66.7 Å². The zero-order chi connectivity index (χ0) is 12.8. The average Bonchev–Trinajstić information content (AvgIpc) is 2.45. The van der Waals surface area contributed by atoms with Crippen LogP contribution >= 0.6 is 0 Å². The van der Waals surface area contributed by atoms with Crippen molar-refractivity contribution in [1.29, 1.82) is 0 Å². The molecule has 0 saturated heterocycles. The minimum absolute atomic E-state index is 0.813. The van der Waals surface area contributed by atoms with Crippen LogP contribution < -0.4 is 5.73 Å². The number of fused-ring (bicyclic) bond motifs is 4. The molecular formula is C18H13N. The Bertz CT molecular complexity index is 922. The lowest BCUT2D eigenvalue weighted by Crippen LogP contribution is -1.85. The van der Waals surface area contributed by atoms with E-state index >= 15 is 0 Å². The highest BCUT2D eigenvalue weighted by Crippen LogP contribution is 2.30. The molecule has 4 aromatic carbocycles. The first kappa shape index (κ1) is 10.4. The van der Waals surface area contributed by atoms with E-state index in [-0.39, 0.29) is 0 Å². The van der Waals surface area contributed by atoms with Crippen LogP contribution in [0.5, 0.6) is 0 Å². The van der Waals surface area contributed by atoms with Crippen molar-refractivity contribution >= 4 is 38.0 Å². The molecule has 4 rings (SSSR count). The Kier molecular flexibility index (Phi) is 2.04. The molecule has 1 heteroatoms. The predicted octanol–water partition coefficient (Wildman–Crippen LogP) is 4.73. The van der Waals surface area contributed by atoms with Crippen molar-refractivity contribution in [1.82, 2.24) is 0 Å². The molecular weight excluding hydrogens is 230 g/mol. The second-order valence-corrected chi connectivity index (χ2v) is 4.97. The average molecular weight is 243 g/mol. The van der Waals surface area contributed by atoms with E-state index in [1.54, 1.807) is 0 Å². The van der Waals surface area contributed by atoms with E-state index < -0.39 is 0 Å². The molecule has 0 amide bonds. The molecule has 90 valence electrons. The topological polar surface area (TPSA) is 26.0 Å². The predicted molar refractivity (Wildman–Crippen MR) is 83.4 cm³/mol. The van der Waals surface area contributed by atoms with E-state index in [1.165, 1.54) is 32.3 Å². The fraction of sp³-hybridized carbons (Fsp3) is 0. The summed E-state index contributed by atoms with van der Waals surface area (Å²) in [6.07, 6.45) is 0. The number of anilines is 1. The Balaban J connectivity index is 2.25. The number of nitrogen functional groups attached to an aromatic ring is 1. The van der Waals surface area contributed by atoms with Crippen LogP contribution in [0.15, 0.2) is 66.7 Å². The van der Waals surface area contributed by atoms with Gasteiger partial charge in [-0.25, -0.2) is 0 Å². The second-order valence-electron chi connectivity index (χ2n) is 4.97. The van der Waals surface area contributed by atoms with Gasteiger partial charge in [0.25, 0.3) is 0 Å². The van der Waals surface area contributed by atoms with Crippen molar-refractivity contribution in [3.63, 3.8) is 0 Å². The summed E-state index contributed by atoms with van der Waals surface area (Å²) in [4.78, 5) is 0. The highest BCUT2D eigenvalue weighted by Gasteiger charge is 2.03. The van der Waals surface area contributed by atoms with Crippen molar-refractivity contribution < 1.29 is 0 Å². The SMILES string of the molecule is Nc1ccc2ccc3cc4ccccc4cc3c2c1. The fourth-order valence-corrected chi connectivity index (χ4v) is 2.76. The molecule has 0 fully saturated rings. The fourth-order valence-electron chi connectivity index (χ4n) is 2.76. The van der Waals surface area contributed by atoms with Gasteiger partial charge in [0.2, 0.25) is 0 Å². The van der Waals surface area contributed by atoms with Crippen LogP contribution in [0, 0.1) is 0 Å². The van der Waals surface area contributed by atoms with Gasteiger partial charge in [-0.15, -0.1) is 0 Å². The Morgan fingerprint density at radius 1 is 0.526 bits per heavy atom. The molecule has 0 spiro atoms. The summed E-state index contributed by atoms with van der Waals surface area (Å²) in [5.74, 6) is 0. The molecule has 0 heterocycles. The molecule has 19 heavy (non-hydrogen) atoms. The lowest BCUT2D eigenvalue weighted by Gasteiger charge is -2.07. The maximum Gasteiger partial charge on any atom is 0.0320 e. The van der Waals surface area contributed by atoms with E-state index in [4.69, 9.17) is 5.73 Å². The molecule has 0 bridgehead atoms. The van der Waals surface area contributed by atoms with Gasteiger partial charge in [0, 0.05) is 5.69 Å². The van der Waals surface area contributed by atoms with Crippen LogP contribution in [0.2, 0.25) is 0 Å². The molecule has 0 aliphatic rings. The summed E-state index contributed by atoms with van der Waals surface area (Å²) >= 11 is 0. The van der Waals surface area contributed by atoms with Crippen LogP contribution in [0.1, 0.15) is 0 Å². The summed E-state index contributed by atoms with van der Waals surface area (Å²) < 4.78 is 0. The smallest absolute Gasteiger partial charge is 0.0320 e. The zero-order valence-electron chi connectivity index (χ0n) is 10.4. The van der Waals surface area contributed by atoms with Crippen LogP contribution in [0.25, 0.3) is 32.3 Å². The molecule has 4 aromatic rings. The summed E-state index contributed by atoms with van der Waals surface area (Å²) in [5.41, 5.74) is 6.74. The normalized spacial score (nSPS) is 11.4. The highest BCUT2D eigenvalue weighted by atomic mass is 14.5. The largest absolute Gasteiger partial charge is 0.399 e. The molecule has 0 unspecified atom stereocenters. The van der Waals surface area contributed by atoms with Gasteiger partial charge in [0.15, 0.2) is 0 Å². The summed E-state index contributed by atoms with van der Waals surface area (Å²) in [7, 11) is 0. The minimum Gasteiger partial charge on any atom is -0.399 e. The van der Waals surface area contributed by atoms with Gasteiger partial charge in [-0.2, -0.15) is 0 Å². The van der Waals surface area contributed by atoms with Crippen LogP contribution in [-0.4, -0.2) is 0 Å². The Hall–Kier alpha value is -2.54. The van der Waals surface area contributed by atoms with E-state index in [9.17, 15) is 0 Å². The molecule has 1 nitrogen and oxygen atoms in total. The molecule has 0 saturated carbocycles. The van der Waals surface area contributed by atoms with E-state index in [0.29, 0.717) is 0 Å². The number of hydrogen-bond donors (Lipinski definition) is 1. The Morgan fingerprint density at radius 3 is 2.00 bits per heavy atom. The first-order valence-corrected chi connectivity index (χ1v) is 6.42. The van der Waals surface area contributed by atoms with Crippen molar-refractivity contribution in [2.45, 2.75) is 0 Å². The monoisotopic (exact) mass is 243 g/mol. The molecule has 0 aliphatic heterocycles. The van der Waals surface area contributed by atoms with E-state index in [1.807, 2.05) is 6.07 Å². The Labute approximate surface area is 111 Å². The van der Waals surface area contributed by atoms with Crippen LogP contribution in [0.4, 0.5) is 5.69 Å². The lowest BCUT2D eigenvalue weighted by molar-refractivity contribution is 1.75. The van der Waals surface area contributed by atoms with E-state index in [0.717, 1.165) is 5.69 Å². The van der Waals surface area contributed by atoms with Gasteiger partial charge in [-0.05, 0) is 56.6 Å². The third kappa shape index (κ3) is 1.55. The third-order valence-electron chi connectivity index (χ3n) is 3.73. The highest BCUT2D eigenvalue weighted by molar-refractivity contribution is 6.12. The third-order valence-corrected chi connectivity index (χ3v) is 3.73. The van der Waals surface area contributed by atoms with Crippen molar-refractivity contribution in [2.24, 2.45) is 0 Å². The minimum atomic E-state index is 0.813. The number of hydrogen-bond acceptors (Lipinski definition) is 1. The number of nitrogens with two attached hydrogens (primary N) is 1. The van der Waals surface area contributed by atoms with Gasteiger partial charge >= 0.3 is 0 Å². The standard InChI is InChI=1S/C18H13N/c19-16-8-7-12-5-6-15-9-13-3-1-2-4-14(13)10-17(15)18(12)11-16/h1-11H,19H2. The first-order chi connectivity index (χ1) is 9.31. The van der Waals surface area contributed by atoms with Crippen molar-refractivity contribution in [2.75, 3.05) is 5.73 Å². The Morgan fingerprint density at radius 2 is 1.16 bits per heavy atom. The summed E-state index contributed by atoms with van der Waals surface area (Å²) in [6.45, 7) is 0. The zero-order valence-corrected chi connectivity index (χ0v) is 10.4. The van der Waals surface area contributed by atoms with Gasteiger partial charge < -0.3 is 5.73 Å². The molecule has 2 N–H and O–H groups in total. The first-order valence-electron chi connectivity index (χ1n) is 6.42. The molecule has 0 atom stereocenters. The lowest BCUT2D eigenvalue weighted by atomic mass is 9.98. The van der Waals surface area contributed by atoms with Gasteiger partial charge in [0.1, 0.15) is 0 Å². The van der Waals surface area contributed by atoms with Gasteiger partial charge in [-0.1, -0.05) is 42.5 Å². The number of benzene rings is 4. The molecule has 0 aliphatic carbocycles. The molecule has 0 radical (unpaired) electrons. The van der Waals surface area contributed by atoms with Crippen molar-refractivity contribution in [3.8, 4) is 0 Å². The summed E-state index contributed by atoms with van der Waals surface area (Å²) in [5, 5.41) is 7.53. The maximum atomic E-state index is 5.93. The van der Waals surface area contributed by atoms with Crippen LogP contribution in [0.3, 0.4) is 0 Å². The second kappa shape index (κ2) is 3.72. The van der Waals surface area contributed by atoms with E-state index in [2.05, 4.69) is 60.7 Å². The van der Waals surface area contributed by atoms with Gasteiger partial charge in [-0.3, -0.25) is 0 Å². The molecule has 0 aromatic heterocycles. The van der Waals surface area contributed by atoms with Gasteiger partial charge in [0.05, 0.1) is 0 Å². The van der Waals surface area contributed by atoms with Crippen LogP contribution in [-0.2, 0) is 0 Å².